The van der Waals surface area contributed by atoms with Crippen molar-refractivity contribution in [3.8, 4) is 16.9 Å². The van der Waals surface area contributed by atoms with Crippen LogP contribution in [0.2, 0.25) is 0 Å². The quantitative estimate of drug-likeness (QED) is 0.851. The Balaban J connectivity index is 1.63. The van der Waals surface area contributed by atoms with Gasteiger partial charge in [0.15, 0.2) is 0 Å². The molecule has 5 rings (SSSR count). The van der Waals surface area contributed by atoms with Crippen molar-refractivity contribution >= 4 is 5.69 Å². The number of nitrogens with zero attached hydrogens (tertiary/aromatic N) is 3. The summed E-state index contributed by atoms with van der Waals surface area (Å²) in [7, 11) is 1.71. The van der Waals surface area contributed by atoms with Gasteiger partial charge in [-0.1, -0.05) is 12.1 Å². The Morgan fingerprint density at radius 2 is 1.80 bits per heavy atom. The van der Waals surface area contributed by atoms with Crippen LogP contribution in [-0.2, 0) is 0 Å². The van der Waals surface area contributed by atoms with Crippen molar-refractivity contribution in [3.63, 3.8) is 0 Å². The van der Waals surface area contributed by atoms with Crippen LogP contribution in [0.4, 0.5) is 5.69 Å². The van der Waals surface area contributed by atoms with Crippen LogP contribution in [0.5, 0.6) is 5.75 Å². The number of hydrogen-bond donors (Lipinski definition) is 0. The molecule has 0 aliphatic carbocycles. The van der Waals surface area contributed by atoms with E-state index in [4.69, 9.17) is 4.74 Å². The predicted molar refractivity (Wildman–Crippen MR) is 102 cm³/mol. The molecule has 4 heterocycles. The molecule has 0 amide bonds. The van der Waals surface area contributed by atoms with E-state index in [1.54, 1.807) is 7.11 Å². The lowest BCUT2D eigenvalue weighted by Crippen LogP contribution is -2.47. The Labute approximate surface area is 150 Å². The zero-order valence-electron chi connectivity index (χ0n) is 15.0. The number of rotatable bonds is 3. The predicted octanol–water partition coefficient (Wildman–Crippen LogP) is 3.82. The molecular formula is C21H27N3O. The highest BCUT2D eigenvalue weighted by Crippen LogP contribution is 2.30. The number of benzene rings is 1. The molecule has 25 heavy (non-hydrogen) atoms. The maximum absolute atomic E-state index is 5.37. The Morgan fingerprint density at radius 3 is 2.60 bits per heavy atom. The molecule has 0 atom stereocenters. The van der Waals surface area contributed by atoms with Crippen molar-refractivity contribution in [1.82, 2.24) is 9.88 Å². The smallest absolute Gasteiger partial charge is 0.119 e. The molecule has 0 spiro atoms. The minimum atomic E-state index is 0.657. The van der Waals surface area contributed by atoms with Crippen molar-refractivity contribution in [1.29, 1.82) is 0 Å². The minimum Gasteiger partial charge on any atom is -0.497 e. The van der Waals surface area contributed by atoms with Gasteiger partial charge in [0.1, 0.15) is 5.75 Å². The lowest BCUT2D eigenvalue weighted by molar-refractivity contribution is 0.217. The molecule has 3 saturated heterocycles. The van der Waals surface area contributed by atoms with Gasteiger partial charge in [0.25, 0.3) is 0 Å². The molecule has 0 saturated carbocycles. The first-order chi connectivity index (χ1) is 12.3. The summed E-state index contributed by atoms with van der Waals surface area (Å²) in [4.78, 5) is 9.78. The molecule has 1 aromatic carbocycles. The van der Waals surface area contributed by atoms with Gasteiger partial charge in [-0.15, -0.1) is 0 Å². The summed E-state index contributed by atoms with van der Waals surface area (Å²) in [5, 5.41) is 0. The zero-order chi connectivity index (χ0) is 17.1. The van der Waals surface area contributed by atoms with E-state index in [1.165, 1.54) is 51.0 Å². The summed E-state index contributed by atoms with van der Waals surface area (Å²) >= 11 is 0. The van der Waals surface area contributed by atoms with Gasteiger partial charge in [0, 0.05) is 30.9 Å². The maximum Gasteiger partial charge on any atom is 0.119 e. The summed E-state index contributed by atoms with van der Waals surface area (Å²) in [5.41, 5.74) is 3.58. The third kappa shape index (κ3) is 3.64. The van der Waals surface area contributed by atoms with Crippen LogP contribution in [0.25, 0.3) is 11.1 Å². The average Bonchev–Trinajstić information content (AvgIpc) is 2.61. The Morgan fingerprint density at radius 1 is 0.960 bits per heavy atom. The second kappa shape index (κ2) is 7.44. The summed E-state index contributed by atoms with van der Waals surface area (Å²) in [6.07, 6.45) is 9.19. The van der Waals surface area contributed by atoms with Crippen LogP contribution < -0.4 is 9.64 Å². The van der Waals surface area contributed by atoms with E-state index in [1.807, 2.05) is 24.5 Å². The highest BCUT2D eigenvalue weighted by atomic mass is 16.5. The van der Waals surface area contributed by atoms with E-state index < -0.39 is 0 Å². The van der Waals surface area contributed by atoms with Crippen LogP contribution in [0, 0.1) is 0 Å². The first-order valence-electron chi connectivity index (χ1n) is 9.42. The topological polar surface area (TPSA) is 28.6 Å². The largest absolute Gasteiger partial charge is 0.497 e. The van der Waals surface area contributed by atoms with Gasteiger partial charge >= 0.3 is 0 Å². The number of methoxy groups -OCH3 is 1. The highest BCUT2D eigenvalue weighted by Gasteiger charge is 2.25. The molecule has 0 radical (unpaired) electrons. The summed E-state index contributed by atoms with van der Waals surface area (Å²) in [6.45, 7) is 4.81. The molecule has 0 unspecified atom stereocenters. The molecule has 3 fully saturated rings. The van der Waals surface area contributed by atoms with E-state index in [9.17, 15) is 0 Å². The Bertz CT molecular complexity index is 708. The maximum atomic E-state index is 5.37. The van der Waals surface area contributed by atoms with Crippen molar-refractivity contribution in [3.05, 3.63) is 42.7 Å². The lowest BCUT2D eigenvalue weighted by atomic mass is 9.98. The number of aromatic nitrogens is 1. The Hall–Kier alpha value is -2.07. The van der Waals surface area contributed by atoms with Crippen molar-refractivity contribution in [2.75, 3.05) is 38.2 Å². The molecule has 3 aliphatic rings. The molecule has 0 N–H and O–H groups in total. The summed E-state index contributed by atoms with van der Waals surface area (Å²) in [6, 6.07) is 11.2. The lowest BCUT2D eigenvalue weighted by Gasteiger charge is -2.41. The fraction of sp³-hybridized carbons (Fsp3) is 0.476. The first kappa shape index (κ1) is 16.4. The number of pyridine rings is 1. The normalized spacial score (nSPS) is 23.6. The minimum absolute atomic E-state index is 0.657. The van der Waals surface area contributed by atoms with Crippen molar-refractivity contribution in [2.45, 2.75) is 31.7 Å². The third-order valence-corrected chi connectivity index (χ3v) is 5.58. The van der Waals surface area contributed by atoms with Crippen molar-refractivity contribution < 1.29 is 4.74 Å². The molecule has 3 aliphatic heterocycles. The fourth-order valence-corrected chi connectivity index (χ4v) is 4.21. The standard InChI is InChI=1S/C21H27N3O/c1-25-21-8-2-5-17(14-21)18-13-20(16-22-15-18)24-12-11-23-9-3-6-19(24)7-4-10-23/h2,5,8,13-16,19H,3-4,6-7,9-12H2,1H3. The van der Waals surface area contributed by atoms with Crippen LogP contribution in [0.1, 0.15) is 25.7 Å². The second-order valence-electron chi connectivity index (χ2n) is 7.14. The molecule has 4 heteroatoms. The van der Waals surface area contributed by atoms with E-state index in [0.717, 1.165) is 23.4 Å². The second-order valence-corrected chi connectivity index (χ2v) is 7.14. The van der Waals surface area contributed by atoms with E-state index >= 15 is 0 Å². The van der Waals surface area contributed by atoms with Gasteiger partial charge in [0.2, 0.25) is 0 Å². The van der Waals surface area contributed by atoms with Crippen LogP contribution in [0.3, 0.4) is 0 Å². The monoisotopic (exact) mass is 337 g/mol. The van der Waals surface area contributed by atoms with Gasteiger partial charge in [-0.05, 0) is 62.5 Å². The number of hydrogen-bond acceptors (Lipinski definition) is 4. The van der Waals surface area contributed by atoms with Crippen LogP contribution >= 0.6 is 0 Å². The van der Waals surface area contributed by atoms with Crippen LogP contribution in [-0.4, -0.2) is 49.2 Å². The van der Waals surface area contributed by atoms with Gasteiger partial charge in [-0.25, -0.2) is 0 Å². The summed E-state index contributed by atoms with van der Waals surface area (Å²) < 4.78 is 5.37. The van der Waals surface area contributed by atoms with Gasteiger partial charge in [-0.3, -0.25) is 4.98 Å². The average molecular weight is 337 g/mol. The highest BCUT2D eigenvalue weighted by molar-refractivity contribution is 5.68. The van der Waals surface area contributed by atoms with E-state index in [2.05, 4.69) is 33.0 Å². The number of anilines is 1. The molecule has 2 bridgehead atoms. The van der Waals surface area contributed by atoms with Crippen molar-refractivity contribution in [2.24, 2.45) is 0 Å². The van der Waals surface area contributed by atoms with Gasteiger partial charge in [0.05, 0.1) is 19.0 Å². The first-order valence-corrected chi connectivity index (χ1v) is 9.42. The number of fused-ring (bicyclic) bond motifs is 6. The summed E-state index contributed by atoms with van der Waals surface area (Å²) in [5.74, 6) is 0.886. The molecule has 132 valence electrons. The van der Waals surface area contributed by atoms with Gasteiger partial charge < -0.3 is 14.5 Å². The third-order valence-electron chi connectivity index (χ3n) is 5.58. The van der Waals surface area contributed by atoms with Gasteiger partial charge in [-0.2, -0.15) is 0 Å². The zero-order valence-corrected chi connectivity index (χ0v) is 15.0. The molecule has 2 aromatic rings. The molecule has 4 nitrogen and oxygen atoms in total. The van der Waals surface area contributed by atoms with E-state index in [0.29, 0.717) is 6.04 Å². The van der Waals surface area contributed by atoms with E-state index in [-0.39, 0.29) is 0 Å². The van der Waals surface area contributed by atoms with Crippen LogP contribution in [0.15, 0.2) is 42.7 Å². The number of ether oxygens (including phenoxy) is 1. The SMILES string of the molecule is COc1cccc(-c2cncc(N3CCN4CCCC3CCC4)c2)c1. The Kier molecular flexibility index (Phi) is 4.88. The molecule has 1 aromatic heterocycles. The molecular weight excluding hydrogens is 310 g/mol. The fourth-order valence-electron chi connectivity index (χ4n) is 4.21.